The van der Waals surface area contributed by atoms with Gasteiger partial charge in [0, 0.05) is 23.2 Å². The van der Waals surface area contributed by atoms with E-state index in [1.807, 2.05) is 23.9 Å². The van der Waals surface area contributed by atoms with E-state index in [9.17, 15) is 4.79 Å². The number of aryl methyl sites for hydroxylation is 2. The average Bonchev–Trinajstić information content (AvgIpc) is 3.05. The van der Waals surface area contributed by atoms with Crippen LogP contribution in [0.3, 0.4) is 0 Å². The molecule has 5 nitrogen and oxygen atoms in total. The van der Waals surface area contributed by atoms with Gasteiger partial charge >= 0.3 is 5.97 Å². The van der Waals surface area contributed by atoms with Crippen molar-refractivity contribution in [2.24, 2.45) is 5.92 Å². The summed E-state index contributed by atoms with van der Waals surface area (Å²) < 4.78 is 7.38. The Labute approximate surface area is 148 Å². The lowest BCUT2D eigenvalue weighted by Gasteiger charge is -2.08. The van der Waals surface area contributed by atoms with Crippen molar-refractivity contribution in [2.75, 3.05) is 0 Å². The first-order chi connectivity index (χ1) is 11.4. The summed E-state index contributed by atoms with van der Waals surface area (Å²) >= 11 is 1.63. The Morgan fingerprint density at radius 3 is 2.79 bits per heavy atom. The van der Waals surface area contributed by atoms with E-state index in [0.717, 1.165) is 47.0 Å². The highest BCUT2D eigenvalue weighted by atomic mass is 32.1. The minimum absolute atomic E-state index is 0.227. The fourth-order valence-corrected chi connectivity index (χ4v) is 3.49. The smallest absolute Gasteiger partial charge is 0.310 e. The summed E-state index contributed by atoms with van der Waals surface area (Å²) in [5.41, 5.74) is 3.77. The Bertz CT molecular complexity index is 688. The number of ether oxygens (including phenoxy) is 1. The first-order valence-electron chi connectivity index (χ1n) is 8.52. The van der Waals surface area contributed by atoms with Gasteiger partial charge in [-0.25, -0.2) is 4.98 Å². The molecule has 24 heavy (non-hydrogen) atoms. The molecular weight excluding hydrogens is 322 g/mol. The van der Waals surface area contributed by atoms with Crippen molar-refractivity contribution >= 4 is 17.3 Å². The molecule has 0 aromatic carbocycles. The second-order valence-corrected chi connectivity index (χ2v) is 7.49. The minimum atomic E-state index is -0.227. The maximum absolute atomic E-state index is 12.2. The number of carbonyl (C=O) groups is 1. The van der Waals surface area contributed by atoms with Crippen LogP contribution in [0, 0.1) is 19.8 Å². The summed E-state index contributed by atoms with van der Waals surface area (Å²) in [6.07, 6.45) is 2.32. The molecule has 132 valence electrons. The molecule has 2 aromatic rings. The highest BCUT2D eigenvalue weighted by Crippen LogP contribution is 2.17. The molecule has 0 N–H and O–H groups in total. The molecular formula is C18H27N3O2S. The van der Waals surface area contributed by atoms with Gasteiger partial charge in [-0.1, -0.05) is 20.8 Å². The predicted molar refractivity (Wildman–Crippen MR) is 96.1 cm³/mol. The highest BCUT2D eigenvalue weighted by Gasteiger charge is 2.16. The summed E-state index contributed by atoms with van der Waals surface area (Å²) in [6, 6.07) is 0. The van der Waals surface area contributed by atoms with Crippen LogP contribution in [0.15, 0.2) is 5.38 Å². The molecule has 0 aliphatic rings. The Hall–Kier alpha value is -1.69. The predicted octanol–water partition coefficient (Wildman–Crippen LogP) is 3.85. The molecule has 6 heteroatoms. The first-order valence-corrected chi connectivity index (χ1v) is 9.40. The topological polar surface area (TPSA) is 57.0 Å². The fraction of sp³-hybridized carbons (Fsp3) is 0.611. The average molecular weight is 350 g/mol. The van der Waals surface area contributed by atoms with Crippen LogP contribution in [-0.2, 0) is 35.5 Å². The van der Waals surface area contributed by atoms with Crippen molar-refractivity contribution in [1.82, 2.24) is 14.8 Å². The van der Waals surface area contributed by atoms with E-state index in [1.54, 1.807) is 11.3 Å². The van der Waals surface area contributed by atoms with Crippen LogP contribution in [0.1, 0.15) is 54.8 Å². The van der Waals surface area contributed by atoms with Gasteiger partial charge in [-0.05, 0) is 32.6 Å². The largest absolute Gasteiger partial charge is 0.459 e. The van der Waals surface area contributed by atoms with Gasteiger partial charge < -0.3 is 4.74 Å². The molecule has 2 aromatic heterocycles. The van der Waals surface area contributed by atoms with Crippen molar-refractivity contribution < 1.29 is 9.53 Å². The van der Waals surface area contributed by atoms with Crippen molar-refractivity contribution in [3.05, 3.63) is 33.0 Å². The molecule has 0 aliphatic heterocycles. The van der Waals surface area contributed by atoms with Crippen molar-refractivity contribution in [1.29, 1.82) is 0 Å². The summed E-state index contributed by atoms with van der Waals surface area (Å²) in [7, 11) is 0. The van der Waals surface area contributed by atoms with E-state index in [-0.39, 0.29) is 19.0 Å². The number of nitrogens with zero attached hydrogens (tertiary/aromatic N) is 3. The number of esters is 1. The van der Waals surface area contributed by atoms with Crippen LogP contribution in [0.4, 0.5) is 0 Å². The number of rotatable bonds is 8. The summed E-state index contributed by atoms with van der Waals surface area (Å²) in [4.78, 5) is 16.6. The number of aromatic nitrogens is 3. The van der Waals surface area contributed by atoms with Crippen LogP contribution in [0.25, 0.3) is 0 Å². The van der Waals surface area contributed by atoms with Crippen LogP contribution < -0.4 is 0 Å². The van der Waals surface area contributed by atoms with Crippen LogP contribution in [-0.4, -0.2) is 20.7 Å². The molecule has 0 amide bonds. The third kappa shape index (κ3) is 4.90. The Morgan fingerprint density at radius 1 is 1.38 bits per heavy atom. The molecule has 0 radical (unpaired) electrons. The van der Waals surface area contributed by atoms with E-state index in [1.165, 1.54) is 0 Å². The number of hydrogen-bond donors (Lipinski definition) is 0. The zero-order valence-corrected chi connectivity index (χ0v) is 16.1. The molecule has 0 spiro atoms. The standard InChI is InChI=1S/C18H27N3O2S/c1-6-7-17-19-15(11-24-17)10-23-18(22)8-16-13(4)20-21(14(16)5)9-12(2)3/h11-12H,6-10H2,1-5H3. The molecule has 0 bridgehead atoms. The highest BCUT2D eigenvalue weighted by molar-refractivity contribution is 7.09. The Balaban J connectivity index is 1.93. The Kier molecular flexibility index (Phi) is 6.54. The van der Waals surface area contributed by atoms with E-state index in [4.69, 9.17) is 4.74 Å². The lowest BCUT2D eigenvalue weighted by atomic mass is 10.1. The molecule has 0 unspecified atom stereocenters. The maximum Gasteiger partial charge on any atom is 0.310 e. The van der Waals surface area contributed by atoms with Gasteiger partial charge in [-0.15, -0.1) is 11.3 Å². The zero-order chi connectivity index (χ0) is 17.7. The summed E-state index contributed by atoms with van der Waals surface area (Å²) in [6.45, 7) is 11.5. The molecule has 2 rings (SSSR count). The third-order valence-electron chi connectivity index (χ3n) is 3.83. The number of carbonyl (C=O) groups excluding carboxylic acids is 1. The van der Waals surface area contributed by atoms with Gasteiger partial charge in [0.05, 0.1) is 22.8 Å². The molecule has 0 saturated heterocycles. The van der Waals surface area contributed by atoms with Gasteiger partial charge in [0.15, 0.2) is 0 Å². The van der Waals surface area contributed by atoms with Crippen molar-refractivity contribution in [2.45, 2.75) is 67.0 Å². The molecule has 0 fully saturated rings. The first kappa shape index (κ1) is 18.6. The molecule has 2 heterocycles. The zero-order valence-electron chi connectivity index (χ0n) is 15.3. The van der Waals surface area contributed by atoms with Crippen LogP contribution in [0.5, 0.6) is 0 Å². The summed E-state index contributed by atoms with van der Waals surface area (Å²) in [5, 5.41) is 7.61. The van der Waals surface area contributed by atoms with Crippen LogP contribution >= 0.6 is 11.3 Å². The maximum atomic E-state index is 12.2. The van der Waals surface area contributed by atoms with Gasteiger partial charge in [0.1, 0.15) is 6.61 Å². The van der Waals surface area contributed by atoms with E-state index in [0.29, 0.717) is 5.92 Å². The number of thiazole rings is 1. The second-order valence-electron chi connectivity index (χ2n) is 6.55. The monoisotopic (exact) mass is 349 g/mol. The third-order valence-corrected chi connectivity index (χ3v) is 4.79. The second kappa shape index (κ2) is 8.42. The minimum Gasteiger partial charge on any atom is -0.459 e. The molecule has 0 saturated carbocycles. The van der Waals surface area contributed by atoms with E-state index >= 15 is 0 Å². The normalized spacial score (nSPS) is 11.2. The number of hydrogen-bond acceptors (Lipinski definition) is 5. The van der Waals surface area contributed by atoms with E-state index < -0.39 is 0 Å². The van der Waals surface area contributed by atoms with Gasteiger partial charge in [0.2, 0.25) is 0 Å². The van der Waals surface area contributed by atoms with Gasteiger partial charge in [0.25, 0.3) is 0 Å². The van der Waals surface area contributed by atoms with Crippen molar-refractivity contribution in [3.8, 4) is 0 Å². The van der Waals surface area contributed by atoms with Gasteiger partial charge in [-0.3, -0.25) is 9.48 Å². The quantitative estimate of drug-likeness (QED) is 0.679. The lowest BCUT2D eigenvalue weighted by molar-refractivity contribution is -0.144. The van der Waals surface area contributed by atoms with Gasteiger partial charge in [-0.2, -0.15) is 5.10 Å². The van der Waals surface area contributed by atoms with Crippen LogP contribution in [0.2, 0.25) is 0 Å². The fourth-order valence-electron chi connectivity index (χ4n) is 2.61. The molecule has 0 aliphatic carbocycles. The van der Waals surface area contributed by atoms with Crippen molar-refractivity contribution in [3.63, 3.8) is 0 Å². The lowest BCUT2D eigenvalue weighted by Crippen LogP contribution is -2.11. The summed E-state index contributed by atoms with van der Waals surface area (Å²) in [5.74, 6) is 0.292. The van der Waals surface area contributed by atoms with E-state index in [2.05, 4.69) is 30.9 Å². The molecule has 0 atom stereocenters. The SMILES string of the molecule is CCCc1nc(COC(=O)Cc2c(C)nn(CC(C)C)c2C)cs1. The Morgan fingerprint density at radius 2 is 2.12 bits per heavy atom.